The first kappa shape index (κ1) is 11.2. The molecule has 1 aliphatic heterocycles. The van der Waals surface area contributed by atoms with Crippen molar-refractivity contribution < 1.29 is 9.26 Å². The fraction of sp³-hybridized carbons (Fsp3) is 0.455. The molecule has 2 aromatic heterocycles. The maximum atomic E-state index is 6.25. The Kier molecular flexibility index (Phi) is 2.77. The zero-order valence-electron chi connectivity index (χ0n) is 9.74. The van der Waals surface area contributed by atoms with Crippen LogP contribution in [0.25, 0.3) is 11.6 Å². The Morgan fingerprint density at radius 3 is 2.56 bits per heavy atom. The van der Waals surface area contributed by atoms with E-state index in [4.69, 9.17) is 15.0 Å². The summed E-state index contributed by atoms with van der Waals surface area (Å²) in [6.45, 7) is 1.21. The van der Waals surface area contributed by atoms with Gasteiger partial charge in [0.1, 0.15) is 5.54 Å². The summed E-state index contributed by atoms with van der Waals surface area (Å²) in [7, 11) is 0. The smallest absolute Gasteiger partial charge is 0.247 e. The van der Waals surface area contributed by atoms with Crippen LogP contribution in [0.15, 0.2) is 23.0 Å². The van der Waals surface area contributed by atoms with Crippen LogP contribution in [0.1, 0.15) is 18.7 Å². The summed E-state index contributed by atoms with van der Waals surface area (Å²) in [6.07, 6.45) is 4.60. The summed E-state index contributed by atoms with van der Waals surface area (Å²) in [5.74, 6) is 1.22. The van der Waals surface area contributed by atoms with Crippen molar-refractivity contribution in [1.82, 2.24) is 20.1 Å². The summed E-state index contributed by atoms with van der Waals surface area (Å²) < 4.78 is 10.5. The largest absolute Gasteiger partial charge is 0.381 e. The standard InChI is InChI=1S/C11H13N5O2/c12-11(2-6-17-7-3-11)10-15-9(16-18-10)8-13-4-1-5-14-8/h1,4-5H,2-3,6-7,12H2. The van der Waals surface area contributed by atoms with E-state index >= 15 is 0 Å². The van der Waals surface area contributed by atoms with Crippen LogP contribution in [0.3, 0.4) is 0 Å². The SMILES string of the molecule is NC1(c2nc(-c3ncccn3)no2)CCOCC1. The molecule has 0 atom stereocenters. The van der Waals surface area contributed by atoms with Crippen molar-refractivity contribution in [3.8, 4) is 11.6 Å². The summed E-state index contributed by atoms with van der Waals surface area (Å²) in [6, 6.07) is 1.73. The van der Waals surface area contributed by atoms with Gasteiger partial charge in [-0.25, -0.2) is 9.97 Å². The number of aromatic nitrogens is 4. The van der Waals surface area contributed by atoms with Crippen molar-refractivity contribution in [2.45, 2.75) is 18.4 Å². The lowest BCUT2D eigenvalue weighted by Crippen LogP contribution is -2.42. The quantitative estimate of drug-likeness (QED) is 0.824. The fourth-order valence-corrected chi connectivity index (χ4v) is 1.88. The molecule has 2 aromatic rings. The molecule has 0 aromatic carbocycles. The van der Waals surface area contributed by atoms with Crippen molar-refractivity contribution in [2.75, 3.05) is 13.2 Å². The molecule has 3 heterocycles. The highest BCUT2D eigenvalue weighted by Gasteiger charge is 2.36. The highest BCUT2D eigenvalue weighted by Crippen LogP contribution is 2.28. The third kappa shape index (κ3) is 1.98. The molecule has 0 saturated carbocycles. The van der Waals surface area contributed by atoms with Crippen molar-refractivity contribution in [3.05, 3.63) is 24.4 Å². The average Bonchev–Trinajstić information content (AvgIpc) is 2.91. The molecule has 1 saturated heterocycles. The summed E-state index contributed by atoms with van der Waals surface area (Å²) in [5, 5.41) is 3.87. The van der Waals surface area contributed by atoms with E-state index in [1.165, 1.54) is 0 Å². The van der Waals surface area contributed by atoms with Crippen LogP contribution >= 0.6 is 0 Å². The van der Waals surface area contributed by atoms with Crippen molar-refractivity contribution in [1.29, 1.82) is 0 Å². The van der Waals surface area contributed by atoms with Crippen LogP contribution in [-0.4, -0.2) is 33.3 Å². The van der Waals surface area contributed by atoms with E-state index in [1.54, 1.807) is 18.5 Å². The fourth-order valence-electron chi connectivity index (χ4n) is 1.88. The molecule has 0 aliphatic carbocycles. The molecular formula is C11H13N5O2. The number of hydrogen-bond donors (Lipinski definition) is 1. The maximum Gasteiger partial charge on any atom is 0.247 e. The van der Waals surface area contributed by atoms with Crippen LogP contribution in [0.4, 0.5) is 0 Å². The van der Waals surface area contributed by atoms with Crippen LogP contribution in [0.2, 0.25) is 0 Å². The zero-order chi connectivity index (χ0) is 12.4. The molecule has 0 amide bonds. The van der Waals surface area contributed by atoms with Gasteiger partial charge in [0.15, 0.2) is 0 Å². The van der Waals surface area contributed by atoms with Gasteiger partial charge in [-0.1, -0.05) is 5.16 Å². The number of nitrogens with two attached hydrogens (primary N) is 1. The maximum absolute atomic E-state index is 6.25. The van der Waals surface area contributed by atoms with Gasteiger partial charge >= 0.3 is 0 Å². The second-order valence-corrected chi connectivity index (χ2v) is 4.26. The Morgan fingerprint density at radius 2 is 1.83 bits per heavy atom. The molecule has 2 N–H and O–H groups in total. The van der Waals surface area contributed by atoms with Crippen LogP contribution in [-0.2, 0) is 10.3 Å². The van der Waals surface area contributed by atoms with Gasteiger partial charge in [-0.2, -0.15) is 4.98 Å². The third-order valence-corrected chi connectivity index (χ3v) is 3.00. The minimum Gasteiger partial charge on any atom is -0.381 e. The van der Waals surface area contributed by atoms with Gasteiger partial charge in [-0.15, -0.1) is 0 Å². The van der Waals surface area contributed by atoms with Crippen molar-refractivity contribution in [3.63, 3.8) is 0 Å². The lowest BCUT2D eigenvalue weighted by atomic mass is 9.91. The minimum atomic E-state index is -0.599. The van der Waals surface area contributed by atoms with Gasteiger partial charge in [0, 0.05) is 25.6 Å². The summed E-state index contributed by atoms with van der Waals surface area (Å²) >= 11 is 0. The Labute approximate surface area is 103 Å². The highest BCUT2D eigenvalue weighted by atomic mass is 16.5. The van der Waals surface area contributed by atoms with E-state index in [9.17, 15) is 0 Å². The Morgan fingerprint density at radius 1 is 1.11 bits per heavy atom. The Balaban J connectivity index is 1.89. The molecule has 94 valence electrons. The van der Waals surface area contributed by atoms with E-state index in [-0.39, 0.29) is 0 Å². The summed E-state index contributed by atoms with van der Waals surface area (Å²) in [4.78, 5) is 12.4. The molecule has 1 aliphatic rings. The first-order valence-electron chi connectivity index (χ1n) is 5.76. The lowest BCUT2D eigenvalue weighted by molar-refractivity contribution is 0.0400. The van der Waals surface area contributed by atoms with Crippen molar-refractivity contribution in [2.24, 2.45) is 5.73 Å². The molecular weight excluding hydrogens is 234 g/mol. The second kappa shape index (κ2) is 4.43. The topological polar surface area (TPSA) is 100.0 Å². The number of hydrogen-bond acceptors (Lipinski definition) is 7. The molecule has 0 bridgehead atoms. The molecule has 18 heavy (non-hydrogen) atoms. The van der Waals surface area contributed by atoms with E-state index < -0.39 is 5.54 Å². The van der Waals surface area contributed by atoms with E-state index in [2.05, 4.69) is 20.1 Å². The van der Waals surface area contributed by atoms with Crippen LogP contribution in [0.5, 0.6) is 0 Å². The molecule has 0 unspecified atom stereocenters. The lowest BCUT2D eigenvalue weighted by Gasteiger charge is -2.29. The predicted octanol–water partition coefficient (Wildman–Crippen LogP) is 0.491. The highest BCUT2D eigenvalue weighted by molar-refractivity contribution is 5.40. The third-order valence-electron chi connectivity index (χ3n) is 3.00. The predicted molar refractivity (Wildman–Crippen MR) is 61.2 cm³/mol. The van der Waals surface area contributed by atoms with Crippen LogP contribution in [0, 0.1) is 0 Å². The summed E-state index contributed by atoms with van der Waals surface area (Å²) in [5.41, 5.74) is 5.66. The number of nitrogens with zero attached hydrogens (tertiary/aromatic N) is 4. The van der Waals surface area contributed by atoms with Gasteiger partial charge in [0.05, 0.1) is 0 Å². The Bertz CT molecular complexity index is 521. The number of rotatable bonds is 2. The monoisotopic (exact) mass is 247 g/mol. The van der Waals surface area contributed by atoms with E-state index in [1.807, 2.05) is 0 Å². The van der Waals surface area contributed by atoms with Gasteiger partial charge in [0.2, 0.25) is 17.5 Å². The molecule has 0 spiro atoms. The average molecular weight is 247 g/mol. The zero-order valence-corrected chi connectivity index (χ0v) is 9.74. The number of ether oxygens (including phenoxy) is 1. The van der Waals surface area contributed by atoms with Crippen molar-refractivity contribution >= 4 is 0 Å². The normalized spacial score (nSPS) is 18.7. The molecule has 0 radical (unpaired) electrons. The molecule has 3 rings (SSSR count). The van der Waals surface area contributed by atoms with Crippen LogP contribution < -0.4 is 5.73 Å². The first-order chi connectivity index (χ1) is 8.78. The second-order valence-electron chi connectivity index (χ2n) is 4.26. The molecule has 1 fully saturated rings. The first-order valence-corrected chi connectivity index (χ1v) is 5.76. The molecule has 7 nitrogen and oxygen atoms in total. The van der Waals surface area contributed by atoms with Gasteiger partial charge < -0.3 is 15.0 Å². The van der Waals surface area contributed by atoms with E-state index in [0.29, 0.717) is 43.6 Å². The van der Waals surface area contributed by atoms with E-state index in [0.717, 1.165) is 0 Å². The van der Waals surface area contributed by atoms with Gasteiger partial charge in [-0.3, -0.25) is 0 Å². The van der Waals surface area contributed by atoms with Gasteiger partial charge in [-0.05, 0) is 18.9 Å². The molecule has 7 heteroatoms. The van der Waals surface area contributed by atoms with Gasteiger partial charge in [0.25, 0.3) is 0 Å². The Hall–Kier alpha value is -1.86. The minimum absolute atomic E-state index is 0.363.